The fraction of sp³-hybridized carbons (Fsp3) is 0.550. The van der Waals surface area contributed by atoms with Gasteiger partial charge in [0.25, 0.3) is 0 Å². The Bertz CT molecular complexity index is 656. The van der Waals surface area contributed by atoms with E-state index in [1.165, 1.54) is 30.4 Å². The predicted molar refractivity (Wildman–Crippen MR) is 95.0 cm³/mol. The van der Waals surface area contributed by atoms with E-state index in [0.29, 0.717) is 12.0 Å². The first-order chi connectivity index (χ1) is 11.8. The van der Waals surface area contributed by atoms with Crippen LogP contribution in [0.2, 0.25) is 0 Å². The van der Waals surface area contributed by atoms with Gasteiger partial charge in [0.1, 0.15) is 11.9 Å². The summed E-state index contributed by atoms with van der Waals surface area (Å²) in [5.74, 6) is 1.78. The molecule has 2 heterocycles. The molecule has 0 radical (unpaired) electrons. The van der Waals surface area contributed by atoms with Gasteiger partial charge in [-0.2, -0.15) is 0 Å². The van der Waals surface area contributed by atoms with E-state index in [1.807, 2.05) is 6.20 Å². The summed E-state index contributed by atoms with van der Waals surface area (Å²) < 4.78 is 8.31. The molecule has 2 atom stereocenters. The number of ether oxygens (including phenoxy) is 1. The number of nitrogens with one attached hydrogen (secondary N) is 1. The molecular formula is C20H27N3O. The Labute approximate surface area is 144 Å². The fourth-order valence-corrected chi connectivity index (χ4v) is 4.20. The van der Waals surface area contributed by atoms with Crippen LogP contribution in [-0.4, -0.2) is 28.7 Å². The highest BCUT2D eigenvalue weighted by molar-refractivity contribution is 5.32. The Balaban J connectivity index is 1.40. The normalized spacial score (nSPS) is 24.2. The van der Waals surface area contributed by atoms with E-state index in [1.54, 1.807) is 0 Å². The largest absolute Gasteiger partial charge is 0.369 e. The smallest absolute Gasteiger partial charge is 0.139 e. The van der Waals surface area contributed by atoms with Gasteiger partial charge in [-0.15, -0.1) is 0 Å². The predicted octanol–water partition coefficient (Wildman–Crippen LogP) is 3.13. The number of aromatic nitrogens is 2. The lowest BCUT2D eigenvalue weighted by molar-refractivity contribution is -0.0185. The summed E-state index contributed by atoms with van der Waals surface area (Å²) >= 11 is 0. The quantitative estimate of drug-likeness (QED) is 0.918. The molecule has 4 nitrogen and oxygen atoms in total. The first kappa shape index (κ1) is 15.9. The van der Waals surface area contributed by atoms with Crippen LogP contribution in [0.1, 0.15) is 42.8 Å². The average Bonchev–Trinajstić information content (AvgIpc) is 3.26. The van der Waals surface area contributed by atoms with Crippen molar-refractivity contribution >= 4 is 0 Å². The average molecular weight is 325 g/mol. The standard InChI is InChI=1S/C20H27N3O/c1-2-23-10-9-21-20(23)19-18(8-5-11-24-19)22-14-15-12-16-6-3-4-7-17(16)13-15/h3-4,6-7,9-10,15,18-19,22H,2,5,8,11-14H2,1H3/t18-,19-/m0/s1. The highest BCUT2D eigenvalue weighted by Gasteiger charge is 2.31. The molecule has 24 heavy (non-hydrogen) atoms. The van der Waals surface area contributed by atoms with Crippen molar-refractivity contribution in [1.29, 1.82) is 0 Å². The second-order valence-electron chi connectivity index (χ2n) is 7.06. The Morgan fingerprint density at radius 3 is 2.79 bits per heavy atom. The van der Waals surface area contributed by atoms with E-state index < -0.39 is 0 Å². The van der Waals surface area contributed by atoms with Crippen LogP contribution in [0, 0.1) is 5.92 Å². The van der Waals surface area contributed by atoms with Crippen molar-refractivity contribution in [3.63, 3.8) is 0 Å². The van der Waals surface area contributed by atoms with Crippen LogP contribution in [0.15, 0.2) is 36.7 Å². The van der Waals surface area contributed by atoms with Gasteiger partial charge in [0.05, 0.1) is 0 Å². The summed E-state index contributed by atoms with van der Waals surface area (Å²) in [6, 6.07) is 9.24. The zero-order valence-corrected chi connectivity index (χ0v) is 14.4. The fourth-order valence-electron chi connectivity index (χ4n) is 4.20. The summed E-state index contributed by atoms with van der Waals surface area (Å²) in [5, 5.41) is 3.81. The van der Waals surface area contributed by atoms with E-state index in [0.717, 1.165) is 31.9 Å². The van der Waals surface area contributed by atoms with E-state index in [2.05, 4.69) is 52.3 Å². The Morgan fingerprint density at radius 2 is 2.04 bits per heavy atom. The SMILES string of the molecule is CCn1ccnc1[C@H]1OCCC[C@@H]1NCC1Cc2ccccc2C1. The maximum absolute atomic E-state index is 6.11. The molecule has 1 aromatic heterocycles. The minimum Gasteiger partial charge on any atom is -0.369 e. The van der Waals surface area contributed by atoms with Crippen molar-refractivity contribution < 1.29 is 4.74 Å². The molecule has 4 rings (SSSR count). The summed E-state index contributed by atoms with van der Waals surface area (Å²) in [6.45, 7) is 5.01. The molecule has 1 aromatic carbocycles. The highest BCUT2D eigenvalue weighted by Crippen LogP contribution is 2.29. The van der Waals surface area contributed by atoms with Crippen molar-refractivity contribution in [2.24, 2.45) is 5.92 Å². The molecular weight excluding hydrogens is 298 g/mol. The number of rotatable bonds is 5. The van der Waals surface area contributed by atoms with Gasteiger partial charge >= 0.3 is 0 Å². The first-order valence-electron chi connectivity index (χ1n) is 9.28. The Morgan fingerprint density at radius 1 is 1.25 bits per heavy atom. The van der Waals surface area contributed by atoms with E-state index in [-0.39, 0.29) is 6.10 Å². The lowest BCUT2D eigenvalue weighted by Crippen LogP contribution is -2.42. The van der Waals surface area contributed by atoms with E-state index in [9.17, 15) is 0 Å². The van der Waals surface area contributed by atoms with Crippen LogP contribution in [-0.2, 0) is 24.1 Å². The van der Waals surface area contributed by atoms with Crippen molar-refractivity contribution in [2.45, 2.75) is 51.3 Å². The summed E-state index contributed by atoms with van der Waals surface area (Å²) in [7, 11) is 0. The van der Waals surface area contributed by atoms with Gasteiger partial charge in [0.15, 0.2) is 0 Å². The summed E-state index contributed by atoms with van der Waals surface area (Å²) in [4.78, 5) is 4.57. The van der Waals surface area contributed by atoms with Gasteiger partial charge < -0.3 is 14.6 Å². The molecule has 1 N–H and O–H groups in total. The van der Waals surface area contributed by atoms with Crippen molar-refractivity contribution in [1.82, 2.24) is 14.9 Å². The molecule has 0 amide bonds. The molecule has 0 spiro atoms. The van der Waals surface area contributed by atoms with Gasteiger partial charge in [-0.1, -0.05) is 24.3 Å². The molecule has 0 bridgehead atoms. The number of hydrogen-bond donors (Lipinski definition) is 1. The van der Waals surface area contributed by atoms with Gasteiger partial charge in [-0.05, 0) is 56.2 Å². The third kappa shape index (κ3) is 3.13. The second kappa shape index (κ2) is 7.08. The van der Waals surface area contributed by atoms with Crippen molar-refractivity contribution in [2.75, 3.05) is 13.2 Å². The summed E-state index contributed by atoms with van der Waals surface area (Å²) in [6.07, 6.45) is 8.72. The maximum Gasteiger partial charge on any atom is 0.139 e. The molecule has 1 aliphatic carbocycles. The molecule has 0 saturated carbocycles. The molecule has 128 valence electrons. The lowest BCUT2D eigenvalue weighted by atomic mass is 9.99. The van der Waals surface area contributed by atoms with Gasteiger partial charge in [-0.3, -0.25) is 0 Å². The third-order valence-corrected chi connectivity index (χ3v) is 5.47. The Hall–Kier alpha value is -1.65. The Kier molecular flexibility index (Phi) is 4.67. The highest BCUT2D eigenvalue weighted by atomic mass is 16.5. The summed E-state index contributed by atoms with van der Waals surface area (Å²) in [5.41, 5.74) is 3.06. The maximum atomic E-state index is 6.11. The number of fused-ring (bicyclic) bond motifs is 1. The van der Waals surface area contributed by atoms with Crippen LogP contribution in [0.25, 0.3) is 0 Å². The van der Waals surface area contributed by atoms with Crippen molar-refractivity contribution in [3.8, 4) is 0 Å². The number of nitrogens with zero attached hydrogens (tertiary/aromatic N) is 2. The van der Waals surface area contributed by atoms with Crippen LogP contribution >= 0.6 is 0 Å². The van der Waals surface area contributed by atoms with Gasteiger partial charge in [0.2, 0.25) is 0 Å². The van der Waals surface area contributed by atoms with Gasteiger partial charge in [0, 0.05) is 31.6 Å². The number of aryl methyl sites for hydroxylation is 1. The van der Waals surface area contributed by atoms with Crippen LogP contribution < -0.4 is 5.32 Å². The zero-order chi connectivity index (χ0) is 16.4. The van der Waals surface area contributed by atoms with Crippen LogP contribution in [0.3, 0.4) is 0 Å². The molecule has 1 aliphatic heterocycles. The topological polar surface area (TPSA) is 39.1 Å². The lowest BCUT2D eigenvalue weighted by Gasteiger charge is -2.33. The monoisotopic (exact) mass is 325 g/mol. The third-order valence-electron chi connectivity index (χ3n) is 5.47. The molecule has 1 saturated heterocycles. The minimum absolute atomic E-state index is 0.0810. The number of benzene rings is 1. The number of hydrogen-bond acceptors (Lipinski definition) is 3. The zero-order valence-electron chi connectivity index (χ0n) is 14.4. The second-order valence-corrected chi connectivity index (χ2v) is 7.06. The molecule has 1 fully saturated rings. The number of imidazole rings is 1. The first-order valence-corrected chi connectivity index (χ1v) is 9.28. The molecule has 2 aromatic rings. The van der Waals surface area contributed by atoms with E-state index >= 15 is 0 Å². The minimum atomic E-state index is 0.0810. The van der Waals surface area contributed by atoms with Gasteiger partial charge in [-0.25, -0.2) is 4.98 Å². The van der Waals surface area contributed by atoms with Crippen molar-refractivity contribution in [3.05, 3.63) is 53.6 Å². The van der Waals surface area contributed by atoms with Crippen LogP contribution in [0.5, 0.6) is 0 Å². The van der Waals surface area contributed by atoms with E-state index in [4.69, 9.17) is 4.74 Å². The molecule has 4 heteroatoms. The molecule has 0 unspecified atom stereocenters. The molecule has 2 aliphatic rings. The van der Waals surface area contributed by atoms with Crippen LogP contribution in [0.4, 0.5) is 0 Å².